The Morgan fingerprint density at radius 1 is 1.00 bits per heavy atom. The van der Waals surface area contributed by atoms with E-state index in [2.05, 4.69) is 24.3 Å². The molecule has 0 N–H and O–H groups in total. The molecule has 0 radical (unpaired) electrons. The Labute approximate surface area is 124 Å². The molecular formula is C18H18O3. The second-order valence-corrected chi connectivity index (χ2v) is 4.61. The van der Waals surface area contributed by atoms with Gasteiger partial charge in [0.15, 0.2) is 0 Å². The third-order valence-electron chi connectivity index (χ3n) is 3.14. The lowest BCUT2D eigenvalue weighted by molar-refractivity contribution is -0.136. The van der Waals surface area contributed by atoms with E-state index in [4.69, 9.17) is 9.47 Å². The van der Waals surface area contributed by atoms with Crippen molar-refractivity contribution in [1.82, 2.24) is 0 Å². The molecule has 0 amide bonds. The number of carbonyl (C=O) groups excluding carboxylic acids is 1. The molecule has 2 aromatic rings. The predicted molar refractivity (Wildman–Crippen MR) is 82.7 cm³/mol. The third kappa shape index (κ3) is 3.96. The molecule has 0 heterocycles. The van der Waals surface area contributed by atoms with Crippen LogP contribution in [0.15, 0.2) is 66.4 Å². The zero-order chi connectivity index (χ0) is 15.1. The lowest BCUT2D eigenvalue weighted by Crippen LogP contribution is -2.08. The van der Waals surface area contributed by atoms with Gasteiger partial charge in [-0.3, -0.25) is 0 Å². The van der Waals surface area contributed by atoms with Crippen LogP contribution < -0.4 is 0 Å². The van der Waals surface area contributed by atoms with Crippen LogP contribution in [0.4, 0.5) is 0 Å². The summed E-state index contributed by atoms with van der Waals surface area (Å²) in [7, 11) is 2.88. The predicted octanol–water partition coefficient (Wildman–Crippen LogP) is 3.60. The second-order valence-electron chi connectivity index (χ2n) is 4.61. The highest BCUT2D eigenvalue weighted by Crippen LogP contribution is 2.21. The molecule has 0 spiro atoms. The maximum Gasteiger partial charge on any atom is 0.337 e. The standard InChI is InChI=1S/C18H18O3/c1-20-13-17(18(19)21-2)12-14-7-6-10-16(11-14)15-8-4-3-5-9-15/h3-11,13H,12H2,1-2H3. The van der Waals surface area contributed by atoms with E-state index in [9.17, 15) is 4.79 Å². The monoisotopic (exact) mass is 282 g/mol. The molecule has 2 rings (SSSR count). The fraction of sp³-hybridized carbons (Fsp3) is 0.167. The molecule has 0 aliphatic heterocycles. The van der Waals surface area contributed by atoms with Gasteiger partial charge in [-0.1, -0.05) is 54.6 Å². The lowest BCUT2D eigenvalue weighted by Gasteiger charge is -2.08. The van der Waals surface area contributed by atoms with E-state index in [0.29, 0.717) is 12.0 Å². The van der Waals surface area contributed by atoms with Crippen molar-refractivity contribution in [3.63, 3.8) is 0 Å². The number of hydrogen-bond acceptors (Lipinski definition) is 3. The molecule has 108 valence electrons. The Hall–Kier alpha value is -2.55. The van der Waals surface area contributed by atoms with Crippen molar-refractivity contribution in [2.24, 2.45) is 0 Å². The molecule has 0 fully saturated rings. The zero-order valence-electron chi connectivity index (χ0n) is 12.2. The first kappa shape index (κ1) is 14.9. The second kappa shape index (κ2) is 7.29. The van der Waals surface area contributed by atoms with E-state index < -0.39 is 0 Å². The van der Waals surface area contributed by atoms with Gasteiger partial charge in [-0.05, 0) is 16.7 Å². The van der Waals surface area contributed by atoms with Crippen molar-refractivity contribution in [2.45, 2.75) is 6.42 Å². The lowest BCUT2D eigenvalue weighted by atomic mass is 9.99. The summed E-state index contributed by atoms with van der Waals surface area (Å²) in [5, 5.41) is 0. The van der Waals surface area contributed by atoms with Crippen molar-refractivity contribution in [1.29, 1.82) is 0 Å². The van der Waals surface area contributed by atoms with Crippen LogP contribution in [-0.4, -0.2) is 20.2 Å². The van der Waals surface area contributed by atoms with Crippen molar-refractivity contribution in [3.05, 3.63) is 72.0 Å². The minimum atomic E-state index is -0.373. The molecule has 0 saturated carbocycles. The number of hydrogen-bond donors (Lipinski definition) is 0. The normalized spacial score (nSPS) is 11.0. The summed E-state index contributed by atoms with van der Waals surface area (Å²) < 4.78 is 9.72. The summed E-state index contributed by atoms with van der Waals surface area (Å²) in [4.78, 5) is 11.7. The quantitative estimate of drug-likeness (QED) is 0.477. The summed E-state index contributed by atoms with van der Waals surface area (Å²) in [5.41, 5.74) is 3.79. The highest BCUT2D eigenvalue weighted by Gasteiger charge is 2.11. The van der Waals surface area contributed by atoms with Crippen molar-refractivity contribution in [2.75, 3.05) is 14.2 Å². The molecule has 3 heteroatoms. The molecule has 0 aliphatic rings. The van der Waals surface area contributed by atoms with Gasteiger partial charge >= 0.3 is 5.97 Å². The first-order valence-electron chi connectivity index (χ1n) is 6.69. The number of benzene rings is 2. The molecule has 0 bridgehead atoms. The van der Waals surface area contributed by atoms with Gasteiger partial charge in [-0.25, -0.2) is 4.79 Å². The Morgan fingerprint density at radius 2 is 1.71 bits per heavy atom. The maximum absolute atomic E-state index is 11.7. The van der Waals surface area contributed by atoms with E-state index in [0.717, 1.165) is 16.7 Å². The third-order valence-corrected chi connectivity index (χ3v) is 3.14. The molecule has 0 atom stereocenters. The van der Waals surface area contributed by atoms with Crippen LogP contribution in [0, 0.1) is 0 Å². The largest absolute Gasteiger partial charge is 0.504 e. The molecule has 3 nitrogen and oxygen atoms in total. The summed E-state index contributed by atoms with van der Waals surface area (Å²) >= 11 is 0. The van der Waals surface area contributed by atoms with E-state index in [1.807, 2.05) is 30.3 Å². The Bertz CT molecular complexity index is 630. The van der Waals surface area contributed by atoms with Crippen molar-refractivity contribution < 1.29 is 14.3 Å². The molecule has 2 aromatic carbocycles. The van der Waals surface area contributed by atoms with Gasteiger partial charge in [0.25, 0.3) is 0 Å². The van der Waals surface area contributed by atoms with Gasteiger partial charge in [-0.2, -0.15) is 0 Å². The minimum Gasteiger partial charge on any atom is -0.504 e. The van der Waals surface area contributed by atoms with Crippen LogP contribution in [0.1, 0.15) is 5.56 Å². The minimum absolute atomic E-state index is 0.373. The molecule has 0 aliphatic carbocycles. The van der Waals surface area contributed by atoms with Crippen LogP contribution in [0.25, 0.3) is 11.1 Å². The molecule has 0 aromatic heterocycles. The van der Waals surface area contributed by atoms with E-state index >= 15 is 0 Å². The summed E-state index contributed by atoms with van der Waals surface area (Å²) in [6, 6.07) is 18.2. The summed E-state index contributed by atoms with van der Waals surface area (Å²) in [6.45, 7) is 0. The molecular weight excluding hydrogens is 264 g/mol. The van der Waals surface area contributed by atoms with Gasteiger partial charge in [-0.15, -0.1) is 0 Å². The van der Waals surface area contributed by atoms with Crippen LogP contribution in [0.2, 0.25) is 0 Å². The highest BCUT2D eigenvalue weighted by molar-refractivity contribution is 5.88. The number of esters is 1. The number of methoxy groups -OCH3 is 2. The van der Waals surface area contributed by atoms with Crippen LogP contribution in [0.5, 0.6) is 0 Å². The van der Waals surface area contributed by atoms with Crippen LogP contribution >= 0.6 is 0 Å². The van der Waals surface area contributed by atoms with E-state index in [1.54, 1.807) is 0 Å². The average Bonchev–Trinajstić information content (AvgIpc) is 2.55. The number of carbonyl (C=O) groups is 1. The van der Waals surface area contributed by atoms with Crippen molar-refractivity contribution >= 4 is 5.97 Å². The van der Waals surface area contributed by atoms with Crippen molar-refractivity contribution in [3.8, 4) is 11.1 Å². The summed E-state index contributed by atoms with van der Waals surface area (Å²) in [5.74, 6) is -0.373. The average molecular weight is 282 g/mol. The molecule has 21 heavy (non-hydrogen) atoms. The smallest absolute Gasteiger partial charge is 0.337 e. The highest BCUT2D eigenvalue weighted by atomic mass is 16.5. The van der Waals surface area contributed by atoms with Gasteiger partial charge in [0.05, 0.1) is 26.1 Å². The fourth-order valence-corrected chi connectivity index (χ4v) is 2.15. The fourth-order valence-electron chi connectivity index (χ4n) is 2.15. The Morgan fingerprint density at radius 3 is 2.38 bits per heavy atom. The molecule has 0 unspecified atom stereocenters. The SMILES string of the molecule is COC=C(Cc1cccc(-c2ccccc2)c1)C(=O)OC. The number of rotatable bonds is 5. The maximum atomic E-state index is 11.7. The first-order chi connectivity index (χ1) is 10.2. The van der Waals surface area contributed by atoms with E-state index in [-0.39, 0.29) is 5.97 Å². The number of ether oxygens (including phenoxy) is 2. The van der Waals surface area contributed by atoms with Crippen LogP contribution in [-0.2, 0) is 20.7 Å². The summed E-state index contributed by atoms with van der Waals surface area (Å²) in [6.07, 6.45) is 1.90. The topological polar surface area (TPSA) is 35.5 Å². The van der Waals surface area contributed by atoms with Gasteiger partial charge < -0.3 is 9.47 Å². The van der Waals surface area contributed by atoms with Crippen LogP contribution in [0.3, 0.4) is 0 Å². The van der Waals surface area contributed by atoms with Gasteiger partial charge in [0.2, 0.25) is 0 Å². The Kier molecular flexibility index (Phi) is 5.16. The zero-order valence-corrected chi connectivity index (χ0v) is 12.2. The van der Waals surface area contributed by atoms with E-state index in [1.165, 1.54) is 20.5 Å². The Balaban J connectivity index is 2.25. The molecule has 0 saturated heterocycles. The van der Waals surface area contributed by atoms with Gasteiger partial charge in [0, 0.05) is 6.42 Å². The van der Waals surface area contributed by atoms with Gasteiger partial charge in [0.1, 0.15) is 0 Å². The first-order valence-corrected chi connectivity index (χ1v) is 6.69.